The lowest BCUT2D eigenvalue weighted by Gasteiger charge is -2.41. The second kappa shape index (κ2) is 4.77. The van der Waals surface area contributed by atoms with Gasteiger partial charge in [-0.05, 0) is 26.3 Å². The quantitative estimate of drug-likeness (QED) is 0.807. The Balaban J connectivity index is 1.87. The molecule has 17 heavy (non-hydrogen) atoms. The van der Waals surface area contributed by atoms with Gasteiger partial charge in [-0.15, -0.1) is 0 Å². The minimum absolute atomic E-state index is 0.356. The van der Waals surface area contributed by atoms with E-state index in [-0.39, 0.29) is 5.60 Å². The third-order valence-corrected chi connectivity index (χ3v) is 2.88. The molecule has 1 aliphatic heterocycles. The van der Waals surface area contributed by atoms with Gasteiger partial charge in [0, 0.05) is 0 Å². The molecule has 1 aromatic carbocycles. The van der Waals surface area contributed by atoms with Crippen LogP contribution in [0.1, 0.15) is 26.3 Å². The first-order valence-electron chi connectivity index (χ1n) is 5.95. The lowest BCUT2D eigenvalue weighted by molar-refractivity contribution is -0.307. The molecule has 1 saturated heterocycles. The highest BCUT2D eigenvalue weighted by molar-refractivity contribution is 5.13. The van der Waals surface area contributed by atoms with Crippen LogP contribution in [0.25, 0.3) is 0 Å². The molecule has 0 bridgehead atoms. The monoisotopic (exact) mass is 236 g/mol. The van der Waals surface area contributed by atoms with Gasteiger partial charge in [0.05, 0.1) is 19.8 Å². The first-order chi connectivity index (χ1) is 7.99. The molecule has 0 unspecified atom stereocenters. The van der Waals surface area contributed by atoms with Gasteiger partial charge < -0.3 is 14.2 Å². The van der Waals surface area contributed by atoms with E-state index in [1.807, 2.05) is 39.0 Å². The summed E-state index contributed by atoms with van der Waals surface area (Å²) in [6, 6.07) is 10.1. The Labute approximate surface area is 103 Å². The average Bonchev–Trinajstić information content (AvgIpc) is 2.33. The summed E-state index contributed by atoms with van der Waals surface area (Å²) in [5, 5.41) is 0. The lowest BCUT2D eigenvalue weighted by Crippen LogP contribution is -2.50. The van der Waals surface area contributed by atoms with Crippen molar-refractivity contribution in [2.24, 2.45) is 0 Å². The van der Waals surface area contributed by atoms with Crippen molar-refractivity contribution in [3.8, 4) is 0 Å². The molecule has 2 rings (SSSR count). The van der Waals surface area contributed by atoms with Crippen molar-refractivity contribution in [3.05, 3.63) is 35.9 Å². The Kier molecular flexibility index (Phi) is 3.52. The van der Waals surface area contributed by atoms with E-state index in [0.29, 0.717) is 19.8 Å². The SMILES string of the molecule is CC1(OCc2ccccc2)COC(C)(C)OC1. The molecule has 0 amide bonds. The molecule has 3 heteroatoms. The van der Waals surface area contributed by atoms with Crippen molar-refractivity contribution in [3.63, 3.8) is 0 Å². The summed E-state index contributed by atoms with van der Waals surface area (Å²) >= 11 is 0. The van der Waals surface area contributed by atoms with Gasteiger partial charge >= 0.3 is 0 Å². The van der Waals surface area contributed by atoms with Crippen LogP contribution < -0.4 is 0 Å². The zero-order valence-corrected chi connectivity index (χ0v) is 10.7. The van der Waals surface area contributed by atoms with Crippen LogP contribution in [-0.4, -0.2) is 24.6 Å². The Morgan fingerprint density at radius 3 is 2.24 bits per heavy atom. The zero-order valence-electron chi connectivity index (χ0n) is 10.7. The van der Waals surface area contributed by atoms with Gasteiger partial charge in [0.15, 0.2) is 5.79 Å². The molecular formula is C14H20O3. The van der Waals surface area contributed by atoms with Crippen molar-refractivity contribution < 1.29 is 14.2 Å². The Morgan fingerprint density at radius 1 is 1.06 bits per heavy atom. The predicted molar refractivity (Wildman–Crippen MR) is 65.6 cm³/mol. The van der Waals surface area contributed by atoms with E-state index in [1.165, 1.54) is 5.56 Å². The topological polar surface area (TPSA) is 27.7 Å². The lowest BCUT2D eigenvalue weighted by atomic mass is 10.1. The van der Waals surface area contributed by atoms with E-state index in [9.17, 15) is 0 Å². The summed E-state index contributed by atoms with van der Waals surface area (Å²) in [6.45, 7) is 7.57. The van der Waals surface area contributed by atoms with Crippen molar-refractivity contribution >= 4 is 0 Å². The average molecular weight is 236 g/mol. The van der Waals surface area contributed by atoms with E-state index in [2.05, 4.69) is 12.1 Å². The Hall–Kier alpha value is -0.900. The van der Waals surface area contributed by atoms with Gasteiger partial charge in [0.2, 0.25) is 0 Å². The molecule has 0 atom stereocenters. The molecule has 1 fully saturated rings. The standard InChI is InChI=1S/C14H20O3/c1-13(2)16-10-14(3,11-17-13)15-9-12-7-5-4-6-8-12/h4-8H,9-11H2,1-3H3. The number of hydrogen-bond donors (Lipinski definition) is 0. The fourth-order valence-corrected chi connectivity index (χ4v) is 1.65. The first-order valence-corrected chi connectivity index (χ1v) is 5.95. The highest BCUT2D eigenvalue weighted by Crippen LogP contribution is 2.26. The largest absolute Gasteiger partial charge is 0.366 e. The maximum atomic E-state index is 5.90. The van der Waals surface area contributed by atoms with E-state index < -0.39 is 5.79 Å². The highest BCUT2D eigenvalue weighted by atomic mass is 16.7. The van der Waals surface area contributed by atoms with Crippen molar-refractivity contribution in [2.75, 3.05) is 13.2 Å². The summed E-state index contributed by atoms with van der Waals surface area (Å²) in [5.41, 5.74) is 0.810. The molecule has 0 radical (unpaired) electrons. The van der Waals surface area contributed by atoms with Gasteiger partial charge in [-0.1, -0.05) is 30.3 Å². The van der Waals surface area contributed by atoms with E-state index in [0.717, 1.165) is 0 Å². The third kappa shape index (κ3) is 3.53. The molecule has 1 aromatic rings. The molecule has 3 nitrogen and oxygen atoms in total. The minimum atomic E-state index is -0.490. The van der Waals surface area contributed by atoms with Crippen LogP contribution in [0.2, 0.25) is 0 Å². The van der Waals surface area contributed by atoms with Gasteiger partial charge in [-0.25, -0.2) is 0 Å². The zero-order chi connectivity index (χ0) is 12.4. The molecule has 0 spiro atoms. The van der Waals surface area contributed by atoms with E-state index in [4.69, 9.17) is 14.2 Å². The van der Waals surface area contributed by atoms with Crippen molar-refractivity contribution in [1.29, 1.82) is 0 Å². The fraction of sp³-hybridized carbons (Fsp3) is 0.571. The Bertz CT molecular complexity index is 349. The van der Waals surface area contributed by atoms with Crippen molar-refractivity contribution in [2.45, 2.75) is 38.8 Å². The van der Waals surface area contributed by atoms with Crippen LogP contribution in [0.4, 0.5) is 0 Å². The second-order valence-corrected chi connectivity index (χ2v) is 5.20. The molecule has 0 N–H and O–H groups in total. The van der Waals surface area contributed by atoms with Gasteiger partial charge in [-0.3, -0.25) is 0 Å². The molecule has 1 heterocycles. The predicted octanol–water partition coefficient (Wildman–Crippen LogP) is 2.74. The molecule has 0 aliphatic carbocycles. The second-order valence-electron chi connectivity index (χ2n) is 5.20. The number of benzene rings is 1. The van der Waals surface area contributed by atoms with Crippen LogP contribution >= 0.6 is 0 Å². The summed E-state index contributed by atoms with van der Waals surface area (Å²) in [4.78, 5) is 0. The van der Waals surface area contributed by atoms with Crippen LogP contribution in [0.5, 0.6) is 0 Å². The van der Waals surface area contributed by atoms with Crippen molar-refractivity contribution in [1.82, 2.24) is 0 Å². The molecule has 0 aromatic heterocycles. The van der Waals surface area contributed by atoms with Crippen LogP contribution in [0, 0.1) is 0 Å². The van der Waals surface area contributed by atoms with Crippen LogP contribution in [0.15, 0.2) is 30.3 Å². The smallest absolute Gasteiger partial charge is 0.163 e. The summed E-state index contributed by atoms with van der Waals surface area (Å²) in [6.07, 6.45) is 0. The third-order valence-electron chi connectivity index (χ3n) is 2.88. The number of rotatable bonds is 3. The molecule has 0 saturated carbocycles. The van der Waals surface area contributed by atoms with E-state index in [1.54, 1.807) is 0 Å². The maximum absolute atomic E-state index is 5.90. The number of ether oxygens (including phenoxy) is 3. The highest BCUT2D eigenvalue weighted by Gasteiger charge is 2.37. The molecular weight excluding hydrogens is 216 g/mol. The molecule has 1 aliphatic rings. The summed E-state index contributed by atoms with van der Waals surface area (Å²) in [7, 11) is 0. The summed E-state index contributed by atoms with van der Waals surface area (Å²) < 4.78 is 17.1. The maximum Gasteiger partial charge on any atom is 0.163 e. The fourth-order valence-electron chi connectivity index (χ4n) is 1.65. The summed E-state index contributed by atoms with van der Waals surface area (Å²) in [5.74, 6) is -0.490. The van der Waals surface area contributed by atoms with Gasteiger partial charge in [0.1, 0.15) is 5.60 Å². The number of hydrogen-bond acceptors (Lipinski definition) is 3. The first kappa shape index (κ1) is 12.6. The van der Waals surface area contributed by atoms with Crippen LogP contribution in [-0.2, 0) is 20.8 Å². The normalized spacial score (nSPS) is 22.3. The van der Waals surface area contributed by atoms with Gasteiger partial charge in [0.25, 0.3) is 0 Å². The van der Waals surface area contributed by atoms with Crippen LogP contribution in [0.3, 0.4) is 0 Å². The minimum Gasteiger partial charge on any atom is -0.366 e. The Morgan fingerprint density at radius 2 is 1.65 bits per heavy atom. The molecule has 94 valence electrons. The van der Waals surface area contributed by atoms with E-state index >= 15 is 0 Å². The van der Waals surface area contributed by atoms with Gasteiger partial charge in [-0.2, -0.15) is 0 Å².